The summed E-state index contributed by atoms with van der Waals surface area (Å²) in [7, 11) is 0. The fraction of sp³-hybridized carbons (Fsp3) is 0.688. The van der Waals surface area contributed by atoms with Gasteiger partial charge in [0, 0.05) is 24.5 Å². The topological polar surface area (TPSA) is 45.1 Å². The normalized spacial score (nSPS) is 43.6. The lowest BCUT2D eigenvalue weighted by atomic mass is 9.51. The van der Waals surface area contributed by atoms with Crippen molar-refractivity contribution in [2.24, 2.45) is 11.8 Å². The van der Waals surface area contributed by atoms with E-state index in [1.54, 1.807) is 0 Å². The second-order valence-corrected chi connectivity index (χ2v) is 7.18. The van der Waals surface area contributed by atoms with E-state index in [0.717, 1.165) is 37.6 Å². The van der Waals surface area contributed by atoms with Gasteiger partial charge in [0.25, 0.3) is 0 Å². The lowest BCUT2D eigenvalue weighted by molar-refractivity contribution is -0.142. The highest BCUT2D eigenvalue weighted by atomic mass is 16.3. The number of nitrogens with zero attached hydrogens (tertiary/aromatic N) is 1. The van der Waals surface area contributed by atoms with Crippen molar-refractivity contribution in [2.75, 3.05) is 0 Å². The fourth-order valence-corrected chi connectivity index (χ4v) is 5.21. The van der Waals surface area contributed by atoms with Gasteiger partial charge in [0.1, 0.15) is 0 Å². The minimum atomic E-state index is -0.369. The third kappa shape index (κ3) is 2.09. The van der Waals surface area contributed by atoms with E-state index in [-0.39, 0.29) is 11.1 Å². The lowest BCUT2D eigenvalue weighted by Crippen LogP contribution is -2.64. The predicted molar refractivity (Wildman–Crippen MR) is 73.4 cm³/mol. The Morgan fingerprint density at radius 3 is 2.68 bits per heavy atom. The van der Waals surface area contributed by atoms with E-state index >= 15 is 0 Å². The summed E-state index contributed by atoms with van der Waals surface area (Å²) < 4.78 is 0. The minimum absolute atomic E-state index is 0.189. The molecule has 4 fully saturated rings. The van der Waals surface area contributed by atoms with Crippen molar-refractivity contribution in [3.05, 3.63) is 30.1 Å². The van der Waals surface area contributed by atoms with Crippen molar-refractivity contribution >= 4 is 0 Å². The molecular weight excluding hydrogens is 236 g/mol. The van der Waals surface area contributed by atoms with Crippen molar-refractivity contribution in [3.63, 3.8) is 0 Å². The molecule has 2 unspecified atom stereocenters. The van der Waals surface area contributed by atoms with E-state index in [1.807, 2.05) is 18.5 Å². The number of rotatable bonds is 3. The van der Waals surface area contributed by atoms with Crippen LogP contribution in [-0.4, -0.2) is 21.2 Å². The van der Waals surface area contributed by atoms with Crippen molar-refractivity contribution < 1.29 is 5.11 Å². The summed E-state index contributed by atoms with van der Waals surface area (Å²) in [5, 5.41) is 14.5. The maximum atomic E-state index is 10.7. The Labute approximate surface area is 114 Å². The average Bonchev–Trinajstić information content (AvgIpc) is 2.35. The number of pyridine rings is 1. The molecule has 0 aliphatic heterocycles. The highest BCUT2D eigenvalue weighted by molar-refractivity contribution is 5.14. The molecule has 0 spiro atoms. The van der Waals surface area contributed by atoms with Crippen molar-refractivity contribution in [3.8, 4) is 0 Å². The SMILES string of the molecule is OC12CC3CC(C1)CC(NCc1cccnc1)(C3)C2. The molecule has 0 aromatic carbocycles. The van der Waals surface area contributed by atoms with Gasteiger partial charge in [0.05, 0.1) is 5.60 Å². The summed E-state index contributed by atoms with van der Waals surface area (Å²) in [6.07, 6.45) is 10.6. The number of hydrogen-bond donors (Lipinski definition) is 2. The van der Waals surface area contributed by atoms with Gasteiger partial charge in [-0.1, -0.05) is 6.07 Å². The van der Waals surface area contributed by atoms with Crippen LogP contribution >= 0.6 is 0 Å². The molecule has 1 aromatic heterocycles. The zero-order chi connectivity index (χ0) is 12.9. The van der Waals surface area contributed by atoms with Gasteiger partial charge < -0.3 is 10.4 Å². The molecule has 0 amide bonds. The molecule has 0 radical (unpaired) electrons. The van der Waals surface area contributed by atoms with Gasteiger partial charge in [0.15, 0.2) is 0 Å². The van der Waals surface area contributed by atoms with Crippen LogP contribution in [0.1, 0.15) is 44.1 Å². The number of aliphatic hydroxyl groups is 1. The summed E-state index contributed by atoms with van der Waals surface area (Å²) in [5.41, 5.74) is 1.06. The Balaban J connectivity index is 1.51. The molecule has 2 atom stereocenters. The first-order valence-corrected chi connectivity index (χ1v) is 7.51. The quantitative estimate of drug-likeness (QED) is 0.874. The van der Waals surface area contributed by atoms with Gasteiger partial charge >= 0.3 is 0 Å². The molecule has 102 valence electrons. The maximum absolute atomic E-state index is 10.7. The summed E-state index contributed by atoms with van der Waals surface area (Å²) in [6.45, 7) is 0.878. The second-order valence-electron chi connectivity index (χ2n) is 7.18. The molecule has 4 bridgehead atoms. The van der Waals surface area contributed by atoms with Gasteiger partial charge in [-0.05, 0) is 62.0 Å². The molecule has 1 heterocycles. The summed E-state index contributed by atoms with van der Waals surface area (Å²) >= 11 is 0. The fourth-order valence-electron chi connectivity index (χ4n) is 5.21. The zero-order valence-electron chi connectivity index (χ0n) is 11.3. The van der Waals surface area contributed by atoms with E-state index in [2.05, 4.69) is 16.4 Å². The van der Waals surface area contributed by atoms with E-state index in [1.165, 1.54) is 24.8 Å². The molecular formula is C16H22N2O. The molecule has 3 heteroatoms. The van der Waals surface area contributed by atoms with Gasteiger partial charge in [0.2, 0.25) is 0 Å². The largest absolute Gasteiger partial charge is 0.390 e. The first-order valence-electron chi connectivity index (χ1n) is 7.51. The predicted octanol–water partition coefficient (Wildman–Crippen LogP) is 2.25. The summed E-state index contributed by atoms with van der Waals surface area (Å²) in [4.78, 5) is 4.17. The third-order valence-electron chi connectivity index (χ3n) is 5.42. The van der Waals surface area contributed by atoms with Crippen LogP contribution in [0.25, 0.3) is 0 Å². The van der Waals surface area contributed by atoms with E-state index < -0.39 is 0 Å². The third-order valence-corrected chi connectivity index (χ3v) is 5.42. The molecule has 2 N–H and O–H groups in total. The molecule has 4 saturated carbocycles. The van der Waals surface area contributed by atoms with Crippen LogP contribution < -0.4 is 5.32 Å². The number of hydrogen-bond acceptors (Lipinski definition) is 3. The molecule has 4 aliphatic carbocycles. The molecule has 3 nitrogen and oxygen atoms in total. The van der Waals surface area contributed by atoms with Gasteiger partial charge in [-0.15, -0.1) is 0 Å². The van der Waals surface area contributed by atoms with Crippen LogP contribution in [0, 0.1) is 11.8 Å². The first-order chi connectivity index (χ1) is 9.15. The Kier molecular flexibility index (Phi) is 2.52. The zero-order valence-corrected chi connectivity index (χ0v) is 11.3. The molecule has 5 rings (SSSR count). The Bertz CT molecular complexity index is 459. The number of nitrogens with one attached hydrogen (secondary N) is 1. The van der Waals surface area contributed by atoms with Crippen molar-refractivity contribution in [1.82, 2.24) is 10.3 Å². The average molecular weight is 258 g/mol. The Morgan fingerprint density at radius 2 is 2.05 bits per heavy atom. The van der Waals surface area contributed by atoms with Gasteiger partial charge in [-0.25, -0.2) is 0 Å². The monoisotopic (exact) mass is 258 g/mol. The van der Waals surface area contributed by atoms with Gasteiger partial charge in [-0.3, -0.25) is 4.98 Å². The maximum Gasteiger partial charge on any atom is 0.0670 e. The van der Waals surface area contributed by atoms with Crippen LogP contribution in [0.4, 0.5) is 0 Å². The minimum Gasteiger partial charge on any atom is -0.390 e. The van der Waals surface area contributed by atoms with E-state index in [4.69, 9.17) is 0 Å². The van der Waals surface area contributed by atoms with Crippen LogP contribution in [0.3, 0.4) is 0 Å². The molecule has 0 saturated heterocycles. The molecule has 4 aliphatic rings. The van der Waals surface area contributed by atoms with E-state index in [9.17, 15) is 5.11 Å². The number of aromatic nitrogens is 1. The van der Waals surface area contributed by atoms with Crippen LogP contribution in [0.15, 0.2) is 24.5 Å². The highest BCUT2D eigenvalue weighted by Gasteiger charge is 2.56. The van der Waals surface area contributed by atoms with Crippen LogP contribution in [-0.2, 0) is 6.54 Å². The van der Waals surface area contributed by atoms with Crippen LogP contribution in [0.2, 0.25) is 0 Å². The summed E-state index contributed by atoms with van der Waals surface area (Å²) in [6, 6.07) is 4.11. The highest BCUT2D eigenvalue weighted by Crippen LogP contribution is 2.57. The first kappa shape index (κ1) is 11.9. The van der Waals surface area contributed by atoms with E-state index in [0.29, 0.717) is 0 Å². The molecule has 19 heavy (non-hydrogen) atoms. The van der Waals surface area contributed by atoms with Crippen LogP contribution in [0.5, 0.6) is 0 Å². The van der Waals surface area contributed by atoms with Gasteiger partial charge in [-0.2, -0.15) is 0 Å². The smallest absolute Gasteiger partial charge is 0.0670 e. The second kappa shape index (κ2) is 4.03. The standard InChI is InChI=1S/C16H22N2O/c19-16-7-13-4-14(8-16)6-15(5-13,11-16)18-10-12-2-1-3-17-9-12/h1-3,9,13-14,18-19H,4-8,10-11H2. The van der Waals surface area contributed by atoms with Crippen molar-refractivity contribution in [2.45, 2.75) is 56.2 Å². The molecule has 1 aromatic rings. The Hall–Kier alpha value is -0.930. The van der Waals surface area contributed by atoms with Crippen molar-refractivity contribution in [1.29, 1.82) is 0 Å². The Morgan fingerprint density at radius 1 is 1.26 bits per heavy atom. The summed E-state index contributed by atoms with van der Waals surface area (Å²) in [5.74, 6) is 1.49. The lowest BCUT2D eigenvalue weighted by Gasteiger charge is -2.60.